The molecule has 2 aromatic rings. The van der Waals surface area contributed by atoms with Crippen molar-refractivity contribution in [3.8, 4) is 0 Å². The molecule has 102 valence electrons. The molecule has 1 atom stereocenters. The zero-order valence-electron chi connectivity index (χ0n) is 12.1. The molecule has 0 saturated heterocycles. The Labute approximate surface area is 114 Å². The maximum atomic E-state index is 5.79. The fourth-order valence-electron chi connectivity index (χ4n) is 2.54. The fraction of sp³-hybridized carbons (Fsp3) is 0.400. The van der Waals surface area contributed by atoms with Gasteiger partial charge in [0.1, 0.15) is 0 Å². The topological polar surface area (TPSA) is 55.9 Å². The lowest BCUT2D eigenvalue weighted by molar-refractivity contribution is 0.540. The second-order valence-electron chi connectivity index (χ2n) is 4.99. The van der Waals surface area contributed by atoms with Crippen LogP contribution in [0.2, 0.25) is 0 Å². The number of nitrogens with two attached hydrogens (primary N) is 1. The predicted molar refractivity (Wildman–Crippen MR) is 77.7 cm³/mol. The molecule has 0 spiro atoms. The summed E-state index contributed by atoms with van der Waals surface area (Å²) in [6.07, 6.45) is 0. The van der Waals surface area contributed by atoms with Crippen LogP contribution in [0, 0.1) is 20.8 Å². The fourth-order valence-corrected chi connectivity index (χ4v) is 2.54. The number of nitrogens with one attached hydrogen (secondary N) is 1. The Balaban J connectivity index is 2.49. The molecule has 2 rings (SSSR count). The number of nitrogens with zero attached hydrogens (tertiary/aromatic N) is 2. The number of hydrazine groups is 1. The highest BCUT2D eigenvalue weighted by Gasteiger charge is 2.19. The molecule has 0 aliphatic carbocycles. The van der Waals surface area contributed by atoms with Crippen LogP contribution in [-0.4, -0.2) is 9.78 Å². The maximum absolute atomic E-state index is 5.79. The van der Waals surface area contributed by atoms with E-state index in [1.54, 1.807) is 0 Å². The summed E-state index contributed by atoms with van der Waals surface area (Å²) < 4.78 is 2.00. The molecular formula is C15H22N4. The van der Waals surface area contributed by atoms with Crippen LogP contribution in [0.15, 0.2) is 24.3 Å². The summed E-state index contributed by atoms with van der Waals surface area (Å²) in [6.45, 7) is 9.15. The molecular weight excluding hydrogens is 236 g/mol. The SMILES string of the molecule is CCn1nc(C)cc1C(NN)c1ccc(C)cc1C. The molecule has 0 saturated carbocycles. The summed E-state index contributed by atoms with van der Waals surface area (Å²) in [4.78, 5) is 0. The summed E-state index contributed by atoms with van der Waals surface area (Å²) in [7, 11) is 0. The van der Waals surface area contributed by atoms with Gasteiger partial charge in [0.15, 0.2) is 0 Å². The minimum atomic E-state index is -0.0262. The van der Waals surface area contributed by atoms with Crippen LogP contribution in [0.5, 0.6) is 0 Å². The quantitative estimate of drug-likeness (QED) is 0.654. The van der Waals surface area contributed by atoms with Crippen LogP contribution in [0.1, 0.15) is 41.0 Å². The zero-order chi connectivity index (χ0) is 14.0. The van der Waals surface area contributed by atoms with Crippen molar-refractivity contribution < 1.29 is 0 Å². The minimum absolute atomic E-state index is 0.0262. The van der Waals surface area contributed by atoms with Crippen molar-refractivity contribution in [1.82, 2.24) is 15.2 Å². The Bertz CT molecular complexity index is 572. The number of aryl methyl sites for hydroxylation is 4. The van der Waals surface area contributed by atoms with E-state index in [-0.39, 0.29) is 6.04 Å². The van der Waals surface area contributed by atoms with Gasteiger partial charge in [-0.3, -0.25) is 10.5 Å². The van der Waals surface area contributed by atoms with Crippen molar-refractivity contribution in [3.63, 3.8) is 0 Å². The third-order valence-electron chi connectivity index (χ3n) is 3.43. The summed E-state index contributed by atoms with van der Waals surface area (Å²) in [5, 5.41) is 4.49. The van der Waals surface area contributed by atoms with Crippen molar-refractivity contribution in [2.45, 2.75) is 40.3 Å². The Hall–Kier alpha value is -1.65. The Morgan fingerprint density at radius 2 is 2.00 bits per heavy atom. The van der Waals surface area contributed by atoms with Gasteiger partial charge >= 0.3 is 0 Å². The average molecular weight is 258 g/mol. The normalized spacial score (nSPS) is 12.7. The molecule has 19 heavy (non-hydrogen) atoms. The standard InChI is InChI=1S/C15H22N4/c1-5-19-14(9-12(4)18-19)15(17-16)13-7-6-10(2)8-11(13)3/h6-9,15,17H,5,16H2,1-4H3. The number of benzene rings is 1. The first-order chi connectivity index (χ1) is 9.06. The molecule has 1 heterocycles. The van der Waals surface area contributed by atoms with E-state index in [4.69, 9.17) is 5.84 Å². The third-order valence-corrected chi connectivity index (χ3v) is 3.43. The molecule has 1 aromatic carbocycles. The van der Waals surface area contributed by atoms with Crippen LogP contribution >= 0.6 is 0 Å². The second-order valence-corrected chi connectivity index (χ2v) is 4.99. The largest absolute Gasteiger partial charge is 0.271 e. The van der Waals surface area contributed by atoms with Crippen LogP contribution < -0.4 is 11.3 Å². The predicted octanol–water partition coefficient (Wildman–Crippen LogP) is 2.38. The summed E-state index contributed by atoms with van der Waals surface area (Å²) in [6, 6.07) is 8.50. The first-order valence-corrected chi connectivity index (χ1v) is 6.64. The van der Waals surface area contributed by atoms with Crippen LogP contribution in [0.3, 0.4) is 0 Å². The molecule has 4 heteroatoms. The number of hydrogen-bond donors (Lipinski definition) is 2. The van der Waals surface area contributed by atoms with Gasteiger partial charge < -0.3 is 0 Å². The first kappa shape index (κ1) is 13.8. The van der Waals surface area contributed by atoms with Crippen LogP contribution in [0.4, 0.5) is 0 Å². The van der Waals surface area contributed by atoms with Crippen LogP contribution in [-0.2, 0) is 6.54 Å². The first-order valence-electron chi connectivity index (χ1n) is 6.64. The van der Waals surface area contributed by atoms with E-state index in [2.05, 4.69) is 55.6 Å². The number of rotatable bonds is 4. The molecule has 0 radical (unpaired) electrons. The summed E-state index contributed by atoms with van der Waals surface area (Å²) >= 11 is 0. The zero-order valence-corrected chi connectivity index (χ0v) is 12.1. The van der Waals surface area contributed by atoms with Crippen molar-refractivity contribution in [2.75, 3.05) is 0 Å². The van der Waals surface area contributed by atoms with Gasteiger partial charge in [-0.2, -0.15) is 5.10 Å². The maximum Gasteiger partial charge on any atom is 0.0880 e. The lowest BCUT2D eigenvalue weighted by Crippen LogP contribution is -2.31. The van der Waals surface area contributed by atoms with E-state index in [0.717, 1.165) is 17.9 Å². The van der Waals surface area contributed by atoms with E-state index in [1.807, 2.05) is 11.6 Å². The van der Waals surface area contributed by atoms with Crippen molar-refractivity contribution in [1.29, 1.82) is 0 Å². The lowest BCUT2D eigenvalue weighted by atomic mass is 9.97. The average Bonchev–Trinajstić information content (AvgIpc) is 2.74. The smallest absolute Gasteiger partial charge is 0.0880 e. The molecule has 3 N–H and O–H groups in total. The van der Waals surface area contributed by atoms with Gasteiger partial charge in [-0.25, -0.2) is 5.43 Å². The van der Waals surface area contributed by atoms with Gasteiger partial charge in [0, 0.05) is 6.54 Å². The number of aromatic nitrogens is 2. The highest BCUT2D eigenvalue weighted by Crippen LogP contribution is 2.25. The minimum Gasteiger partial charge on any atom is -0.271 e. The van der Waals surface area contributed by atoms with E-state index in [9.17, 15) is 0 Å². The lowest BCUT2D eigenvalue weighted by Gasteiger charge is -2.20. The van der Waals surface area contributed by atoms with Crippen molar-refractivity contribution in [3.05, 3.63) is 52.3 Å². The van der Waals surface area contributed by atoms with Gasteiger partial charge in [0.2, 0.25) is 0 Å². The Kier molecular flexibility index (Phi) is 4.02. The van der Waals surface area contributed by atoms with Gasteiger partial charge in [0.05, 0.1) is 17.4 Å². The van der Waals surface area contributed by atoms with Gasteiger partial charge in [-0.15, -0.1) is 0 Å². The number of hydrogen-bond acceptors (Lipinski definition) is 3. The molecule has 1 aromatic heterocycles. The van der Waals surface area contributed by atoms with Gasteiger partial charge in [0.25, 0.3) is 0 Å². The summed E-state index contributed by atoms with van der Waals surface area (Å²) in [5.74, 6) is 5.79. The van der Waals surface area contributed by atoms with Crippen molar-refractivity contribution >= 4 is 0 Å². The van der Waals surface area contributed by atoms with Gasteiger partial charge in [-0.1, -0.05) is 23.8 Å². The highest BCUT2D eigenvalue weighted by atomic mass is 15.3. The van der Waals surface area contributed by atoms with E-state index in [1.165, 1.54) is 16.7 Å². The Morgan fingerprint density at radius 3 is 2.58 bits per heavy atom. The van der Waals surface area contributed by atoms with E-state index < -0.39 is 0 Å². The molecule has 0 bridgehead atoms. The third kappa shape index (κ3) is 2.69. The van der Waals surface area contributed by atoms with E-state index >= 15 is 0 Å². The molecule has 1 unspecified atom stereocenters. The molecule has 0 fully saturated rings. The van der Waals surface area contributed by atoms with Crippen molar-refractivity contribution in [2.24, 2.45) is 5.84 Å². The Morgan fingerprint density at radius 1 is 1.26 bits per heavy atom. The highest BCUT2D eigenvalue weighted by molar-refractivity contribution is 5.37. The van der Waals surface area contributed by atoms with Gasteiger partial charge in [-0.05, 0) is 44.9 Å². The molecule has 0 amide bonds. The molecule has 4 nitrogen and oxygen atoms in total. The molecule has 0 aliphatic heterocycles. The molecule has 0 aliphatic rings. The van der Waals surface area contributed by atoms with E-state index in [0.29, 0.717) is 0 Å². The van der Waals surface area contributed by atoms with Crippen LogP contribution in [0.25, 0.3) is 0 Å². The summed E-state index contributed by atoms with van der Waals surface area (Å²) in [5.41, 5.74) is 8.74. The monoisotopic (exact) mass is 258 g/mol. The second kappa shape index (κ2) is 5.55.